The van der Waals surface area contributed by atoms with Gasteiger partial charge in [0, 0.05) is 39.6 Å². The molecule has 0 aliphatic carbocycles. The number of carbonyl (C=O) groups is 2. The van der Waals surface area contributed by atoms with E-state index in [1.54, 1.807) is 11.8 Å². The molecule has 1 fully saturated rings. The molecule has 0 saturated carbocycles. The van der Waals surface area contributed by atoms with Crippen LogP contribution in [0.5, 0.6) is 0 Å². The topological polar surface area (TPSA) is 58.6 Å². The average molecular weight is 318 g/mol. The molecule has 0 spiro atoms. The molecule has 23 heavy (non-hydrogen) atoms. The molecule has 1 aliphatic heterocycles. The zero-order chi connectivity index (χ0) is 16.5. The summed E-state index contributed by atoms with van der Waals surface area (Å²) in [6.45, 7) is 3.99. The number of nitrogens with zero attached hydrogens (tertiary/aromatic N) is 1. The molecule has 1 aromatic carbocycles. The minimum atomic E-state index is 0.0227. The molecule has 2 rings (SSSR count). The largest absolute Gasteiger partial charge is 0.376 e. The van der Waals surface area contributed by atoms with Gasteiger partial charge in [-0.25, -0.2) is 0 Å². The van der Waals surface area contributed by atoms with Crippen molar-refractivity contribution in [3.63, 3.8) is 0 Å². The Hall–Kier alpha value is -1.88. The Morgan fingerprint density at radius 1 is 1.30 bits per heavy atom. The maximum Gasteiger partial charge on any atom is 0.220 e. The van der Waals surface area contributed by atoms with Gasteiger partial charge in [-0.15, -0.1) is 0 Å². The highest BCUT2D eigenvalue weighted by Gasteiger charge is 2.20. The summed E-state index contributed by atoms with van der Waals surface area (Å²) in [7, 11) is 0. The van der Waals surface area contributed by atoms with Gasteiger partial charge in [-0.1, -0.05) is 30.3 Å². The first kappa shape index (κ1) is 17.5. The predicted octanol–water partition coefficient (Wildman–Crippen LogP) is 1.76. The Kier molecular flexibility index (Phi) is 7.07. The third-order valence-corrected chi connectivity index (χ3v) is 4.08. The van der Waals surface area contributed by atoms with E-state index in [1.807, 2.05) is 30.3 Å². The van der Waals surface area contributed by atoms with E-state index in [9.17, 15) is 9.59 Å². The normalized spacial score (nSPS) is 17.0. The summed E-state index contributed by atoms with van der Waals surface area (Å²) in [6.07, 6.45) is 3.42. The number of hydrogen-bond donors (Lipinski definition) is 1. The number of amides is 2. The van der Waals surface area contributed by atoms with Gasteiger partial charge in [0.25, 0.3) is 0 Å². The Balaban J connectivity index is 1.65. The van der Waals surface area contributed by atoms with Crippen molar-refractivity contribution in [3.05, 3.63) is 35.9 Å². The number of nitrogens with one attached hydrogen (secondary N) is 1. The van der Waals surface area contributed by atoms with Gasteiger partial charge in [-0.05, 0) is 24.8 Å². The van der Waals surface area contributed by atoms with Crippen LogP contribution >= 0.6 is 0 Å². The standard InChI is InChI=1S/C18H26N2O3/c1-15(21)20(14-17-8-5-13-23-17)12-11-19-18(22)10-9-16-6-3-2-4-7-16/h2-4,6-7,17H,5,8-14H2,1H3,(H,19,22). The van der Waals surface area contributed by atoms with Crippen molar-refractivity contribution in [2.75, 3.05) is 26.2 Å². The van der Waals surface area contributed by atoms with Crippen LogP contribution in [0.25, 0.3) is 0 Å². The molecule has 0 aromatic heterocycles. The van der Waals surface area contributed by atoms with Gasteiger partial charge < -0.3 is 15.0 Å². The van der Waals surface area contributed by atoms with Gasteiger partial charge in [0.15, 0.2) is 0 Å². The summed E-state index contributed by atoms with van der Waals surface area (Å²) in [5.41, 5.74) is 1.16. The van der Waals surface area contributed by atoms with Crippen molar-refractivity contribution in [2.45, 2.75) is 38.7 Å². The molecule has 1 unspecified atom stereocenters. The second-order valence-corrected chi connectivity index (χ2v) is 5.94. The zero-order valence-corrected chi connectivity index (χ0v) is 13.8. The van der Waals surface area contributed by atoms with Crippen LogP contribution in [0.15, 0.2) is 30.3 Å². The van der Waals surface area contributed by atoms with Crippen LogP contribution in [-0.4, -0.2) is 49.1 Å². The van der Waals surface area contributed by atoms with Gasteiger partial charge in [0.05, 0.1) is 6.10 Å². The minimum absolute atomic E-state index is 0.0227. The lowest BCUT2D eigenvalue weighted by atomic mass is 10.1. The summed E-state index contributed by atoms with van der Waals surface area (Å²) in [5, 5.41) is 2.89. The number of rotatable bonds is 8. The lowest BCUT2D eigenvalue weighted by molar-refractivity contribution is -0.131. The van der Waals surface area contributed by atoms with E-state index < -0.39 is 0 Å². The van der Waals surface area contributed by atoms with Gasteiger partial charge in [-0.3, -0.25) is 9.59 Å². The highest BCUT2D eigenvalue weighted by molar-refractivity contribution is 5.76. The highest BCUT2D eigenvalue weighted by Crippen LogP contribution is 2.13. The number of ether oxygens (including phenoxy) is 1. The van der Waals surface area contributed by atoms with Crippen LogP contribution in [-0.2, 0) is 20.7 Å². The third-order valence-electron chi connectivity index (χ3n) is 4.08. The minimum Gasteiger partial charge on any atom is -0.376 e. The number of benzene rings is 1. The van der Waals surface area contributed by atoms with E-state index in [1.165, 1.54) is 0 Å². The first-order valence-electron chi connectivity index (χ1n) is 8.33. The van der Waals surface area contributed by atoms with Crippen molar-refractivity contribution in [2.24, 2.45) is 0 Å². The van der Waals surface area contributed by atoms with Crippen LogP contribution in [0, 0.1) is 0 Å². The fourth-order valence-corrected chi connectivity index (χ4v) is 2.73. The van der Waals surface area contributed by atoms with Crippen molar-refractivity contribution in [3.8, 4) is 0 Å². The van der Waals surface area contributed by atoms with Crippen LogP contribution < -0.4 is 5.32 Å². The summed E-state index contributed by atoms with van der Waals surface area (Å²) in [5.74, 6) is 0.0495. The predicted molar refractivity (Wildman–Crippen MR) is 89.0 cm³/mol. The first-order valence-corrected chi connectivity index (χ1v) is 8.33. The first-order chi connectivity index (χ1) is 11.1. The summed E-state index contributed by atoms with van der Waals surface area (Å²) in [6, 6.07) is 9.96. The van der Waals surface area contributed by atoms with Crippen molar-refractivity contribution >= 4 is 11.8 Å². The number of carbonyl (C=O) groups excluding carboxylic acids is 2. The lowest BCUT2D eigenvalue weighted by Crippen LogP contribution is -2.41. The van der Waals surface area contributed by atoms with Crippen LogP contribution in [0.4, 0.5) is 0 Å². The molecule has 1 atom stereocenters. The molecule has 5 nitrogen and oxygen atoms in total. The molecular formula is C18H26N2O3. The Bertz CT molecular complexity index is 498. The molecule has 1 saturated heterocycles. The van der Waals surface area contributed by atoms with Gasteiger partial charge in [-0.2, -0.15) is 0 Å². The average Bonchev–Trinajstić information content (AvgIpc) is 3.06. The molecule has 0 bridgehead atoms. The lowest BCUT2D eigenvalue weighted by Gasteiger charge is -2.24. The van der Waals surface area contributed by atoms with Crippen LogP contribution in [0.3, 0.4) is 0 Å². The molecule has 1 heterocycles. The maximum absolute atomic E-state index is 11.9. The fourth-order valence-electron chi connectivity index (χ4n) is 2.73. The van der Waals surface area contributed by atoms with Gasteiger partial charge in [0.2, 0.25) is 11.8 Å². The molecule has 126 valence electrons. The smallest absolute Gasteiger partial charge is 0.220 e. The van der Waals surface area contributed by atoms with Crippen molar-refractivity contribution in [1.29, 1.82) is 0 Å². The molecule has 2 amide bonds. The van der Waals surface area contributed by atoms with E-state index in [0.717, 1.165) is 31.4 Å². The SMILES string of the molecule is CC(=O)N(CCNC(=O)CCc1ccccc1)CC1CCCO1. The Morgan fingerprint density at radius 2 is 2.09 bits per heavy atom. The van der Waals surface area contributed by atoms with E-state index in [4.69, 9.17) is 4.74 Å². The van der Waals surface area contributed by atoms with Crippen LogP contribution in [0.2, 0.25) is 0 Å². The molecule has 1 aliphatic rings. The van der Waals surface area contributed by atoms with E-state index in [-0.39, 0.29) is 17.9 Å². The van der Waals surface area contributed by atoms with Gasteiger partial charge in [0.1, 0.15) is 0 Å². The molecule has 5 heteroatoms. The van der Waals surface area contributed by atoms with Crippen molar-refractivity contribution in [1.82, 2.24) is 10.2 Å². The van der Waals surface area contributed by atoms with E-state index >= 15 is 0 Å². The number of hydrogen-bond acceptors (Lipinski definition) is 3. The molecule has 1 aromatic rings. The summed E-state index contributed by atoms with van der Waals surface area (Å²) < 4.78 is 5.57. The second-order valence-electron chi connectivity index (χ2n) is 5.94. The quantitative estimate of drug-likeness (QED) is 0.794. The zero-order valence-electron chi connectivity index (χ0n) is 13.8. The second kappa shape index (κ2) is 9.30. The molecule has 1 N–H and O–H groups in total. The Labute approximate surface area is 138 Å². The third kappa shape index (κ3) is 6.40. The van der Waals surface area contributed by atoms with E-state index in [2.05, 4.69) is 5.32 Å². The van der Waals surface area contributed by atoms with E-state index in [0.29, 0.717) is 26.1 Å². The maximum atomic E-state index is 11.9. The molecule has 0 radical (unpaired) electrons. The summed E-state index contributed by atoms with van der Waals surface area (Å²) in [4.78, 5) is 25.3. The van der Waals surface area contributed by atoms with Gasteiger partial charge >= 0.3 is 0 Å². The fraction of sp³-hybridized carbons (Fsp3) is 0.556. The Morgan fingerprint density at radius 3 is 2.74 bits per heavy atom. The van der Waals surface area contributed by atoms with Crippen molar-refractivity contribution < 1.29 is 14.3 Å². The highest BCUT2D eigenvalue weighted by atomic mass is 16.5. The monoisotopic (exact) mass is 318 g/mol. The number of aryl methyl sites for hydroxylation is 1. The molecular weight excluding hydrogens is 292 g/mol. The summed E-state index contributed by atoms with van der Waals surface area (Å²) >= 11 is 0. The van der Waals surface area contributed by atoms with Crippen LogP contribution in [0.1, 0.15) is 31.7 Å².